The molecule has 0 bridgehead atoms. The molecule has 0 atom stereocenters. The third-order valence-corrected chi connectivity index (χ3v) is 4.49. The van der Waals surface area contributed by atoms with E-state index in [1.165, 1.54) is 12.1 Å². The first-order valence-electron chi connectivity index (χ1n) is 6.21. The largest absolute Gasteiger partial charge is 0.390 e. The molecule has 4 nitrogen and oxygen atoms in total. The van der Waals surface area contributed by atoms with Gasteiger partial charge in [0.1, 0.15) is 0 Å². The molecule has 0 unspecified atom stereocenters. The van der Waals surface area contributed by atoms with Crippen LogP contribution in [0.3, 0.4) is 0 Å². The number of aryl methyl sites for hydroxylation is 1. The number of fused-ring (bicyclic) bond motifs is 1. The summed E-state index contributed by atoms with van der Waals surface area (Å²) in [7, 11) is -3.91. The van der Waals surface area contributed by atoms with Gasteiger partial charge in [0.25, 0.3) is 0 Å². The number of halogens is 3. The molecular formula is C12H15F3N2O2S. The molecule has 0 fully saturated rings. The molecule has 1 aromatic rings. The lowest BCUT2D eigenvalue weighted by molar-refractivity contribution is -0.132. The Balaban J connectivity index is 2.09. The van der Waals surface area contributed by atoms with Crippen LogP contribution < -0.4 is 10.0 Å². The average molecular weight is 308 g/mol. The maximum Gasteiger partial charge on any atom is 0.390 e. The highest BCUT2D eigenvalue weighted by Crippen LogP contribution is 2.25. The van der Waals surface area contributed by atoms with E-state index in [0.717, 1.165) is 30.6 Å². The molecule has 0 amide bonds. The fourth-order valence-electron chi connectivity index (χ4n) is 2.02. The van der Waals surface area contributed by atoms with Gasteiger partial charge in [0.05, 0.1) is 11.3 Å². The van der Waals surface area contributed by atoms with Gasteiger partial charge in [-0.25, -0.2) is 13.1 Å². The van der Waals surface area contributed by atoms with Crippen LogP contribution in [-0.2, 0) is 16.4 Å². The van der Waals surface area contributed by atoms with Gasteiger partial charge in [0.2, 0.25) is 10.0 Å². The van der Waals surface area contributed by atoms with E-state index in [1.807, 2.05) is 4.72 Å². The van der Waals surface area contributed by atoms with Crippen LogP contribution in [0.1, 0.15) is 18.4 Å². The number of hydrogen-bond donors (Lipinski definition) is 2. The second-order valence-electron chi connectivity index (χ2n) is 4.61. The second kappa shape index (κ2) is 5.61. The minimum Gasteiger partial charge on any atom is -0.385 e. The lowest BCUT2D eigenvalue weighted by atomic mass is 10.0. The average Bonchev–Trinajstić information content (AvgIpc) is 2.36. The van der Waals surface area contributed by atoms with E-state index in [4.69, 9.17) is 0 Å². The topological polar surface area (TPSA) is 58.2 Å². The Hall–Kier alpha value is -1.28. The lowest BCUT2D eigenvalue weighted by Gasteiger charge is -2.18. The van der Waals surface area contributed by atoms with Crippen LogP contribution in [0.4, 0.5) is 18.9 Å². The van der Waals surface area contributed by atoms with Crippen molar-refractivity contribution < 1.29 is 21.6 Å². The highest BCUT2D eigenvalue weighted by Gasteiger charge is 2.27. The maximum atomic E-state index is 12.0. The highest BCUT2D eigenvalue weighted by molar-refractivity contribution is 7.89. The number of hydrogen-bond acceptors (Lipinski definition) is 3. The number of sulfonamides is 1. The smallest absolute Gasteiger partial charge is 0.385 e. The Labute approximate surface area is 115 Å². The Morgan fingerprint density at radius 3 is 2.75 bits per heavy atom. The van der Waals surface area contributed by atoms with E-state index in [2.05, 4.69) is 5.32 Å². The molecule has 0 saturated carbocycles. The van der Waals surface area contributed by atoms with Crippen molar-refractivity contribution in [2.45, 2.75) is 30.3 Å². The van der Waals surface area contributed by atoms with Crippen molar-refractivity contribution >= 4 is 15.7 Å². The first kappa shape index (κ1) is 15.1. The van der Waals surface area contributed by atoms with Crippen LogP contribution in [0.2, 0.25) is 0 Å². The third kappa shape index (κ3) is 3.86. The molecule has 0 saturated heterocycles. The molecular weight excluding hydrogens is 293 g/mol. The van der Waals surface area contributed by atoms with Gasteiger partial charge in [0.15, 0.2) is 0 Å². The predicted molar refractivity (Wildman–Crippen MR) is 69.1 cm³/mol. The molecule has 2 rings (SSSR count). The molecule has 0 aliphatic carbocycles. The van der Waals surface area contributed by atoms with E-state index in [0.29, 0.717) is 0 Å². The van der Waals surface area contributed by atoms with Gasteiger partial charge in [-0.3, -0.25) is 0 Å². The molecule has 0 spiro atoms. The van der Waals surface area contributed by atoms with Crippen LogP contribution in [0.25, 0.3) is 0 Å². The maximum absolute atomic E-state index is 12.0. The van der Waals surface area contributed by atoms with Gasteiger partial charge < -0.3 is 5.32 Å². The van der Waals surface area contributed by atoms with Gasteiger partial charge in [-0.2, -0.15) is 13.2 Å². The molecule has 112 valence electrons. The van der Waals surface area contributed by atoms with E-state index >= 15 is 0 Å². The van der Waals surface area contributed by atoms with Crippen LogP contribution >= 0.6 is 0 Å². The van der Waals surface area contributed by atoms with Crippen molar-refractivity contribution in [2.75, 3.05) is 18.4 Å². The predicted octanol–water partition coefficient (Wildman–Crippen LogP) is 2.28. The van der Waals surface area contributed by atoms with Crippen molar-refractivity contribution in [3.8, 4) is 0 Å². The van der Waals surface area contributed by atoms with E-state index in [1.54, 1.807) is 6.07 Å². The number of rotatable bonds is 4. The zero-order chi connectivity index (χ0) is 14.8. The molecule has 8 heteroatoms. The minimum atomic E-state index is -4.38. The van der Waals surface area contributed by atoms with Crippen LogP contribution in [0.5, 0.6) is 0 Å². The summed E-state index contributed by atoms with van der Waals surface area (Å²) in [5, 5.41) is 3.08. The van der Waals surface area contributed by atoms with E-state index in [-0.39, 0.29) is 4.90 Å². The third-order valence-electron chi connectivity index (χ3n) is 3.03. The molecule has 1 aromatic carbocycles. The summed E-state index contributed by atoms with van der Waals surface area (Å²) in [6, 6.07) is 4.58. The molecule has 1 aliphatic rings. The van der Waals surface area contributed by atoms with Crippen LogP contribution in [0, 0.1) is 0 Å². The first-order chi connectivity index (χ1) is 9.28. The standard InChI is InChI=1S/C12H15F3N2O2S/c13-12(14,15)5-7-17-20(18,19)10-4-3-9-2-1-6-16-11(9)8-10/h3-4,8,16-17H,1-2,5-7H2. The molecule has 1 aliphatic heterocycles. The summed E-state index contributed by atoms with van der Waals surface area (Å²) in [5.41, 5.74) is 1.75. The zero-order valence-corrected chi connectivity index (χ0v) is 11.4. The fourth-order valence-corrected chi connectivity index (χ4v) is 3.08. The van der Waals surface area contributed by atoms with Crippen molar-refractivity contribution in [1.82, 2.24) is 4.72 Å². The normalized spacial score (nSPS) is 15.6. The molecule has 0 radical (unpaired) electrons. The highest BCUT2D eigenvalue weighted by atomic mass is 32.2. The van der Waals surface area contributed by atoms with E-state index in [9.17, 15) is 21.6 Å². The molecule has 20 heavy (non-hydrogen) atoms. The van der Waals surface area contributed by atoms with Gasteiger partial charge in [-0.1, -0.05) is 6.07 Å². The summed E-state index contributed by atoms with van der Waals surface area (Å²) >= 11 is 0. The summed E-state index contributed by atoms with van der Waals surface area (Å²) in [6.07, 6.45) is -3.72. The SMILES string of the molecule is O=S(=O)(NCCC(F)(F)F)c1ccc2c(c1)NCCC2. The molecule has 0 aromatic heterocycles. The number of benzene rings is 1. The minimum absolute atomic E-state index is 0.0205. The summed E-state index contributed by atoms with van der Waals surface area (Å²) in [4.78, 5) is -0.0205. The van der Waals surface area contributed by atoms with Crippen molar-refractivity contribution in [2.24, 2.45) is 0 Å². The Morgan fingerprint density at radius 2 is 2.05 bits per heavy atom. The quantitative estimate of drug-likeness (QED) is 0.897. The van der Waals surface area contributed by atoms with Crippen molar-refractivity contribution in [1.29, 1.82) is 0 Å². The summed E-state index contributed by atoms with van der Waals surface area (Å²) < 4.78 is 61.8. The Morgan fingerprint density at radius 1 is 1.30 bits per heavy atom. The number of alkyl halides is 3. The van der Waals surface area contributed by atoms with Gasteiger partial charge in [0, 0.05) is 18.8 Å². The van der Waals surface area contributed by atoms with Crippen molar-refractivity contribution in [3.05, 3.63) is 23.8 Å². The van der Waals surface area contributed by atoms with Crippen molar-refractivity contribution in [3.63, 3.8) is 0 Å². The zero-order valence-electron chi connectivity index (χ0n) is 10.6. The van der Waals surface area contributed by atoms with Gasteiger partial charge in [-0.15, -0.1) is 0 Å². The van der Waals surface area contributed by atoms with Gasteiger partial charge >= 0.3 is 6.18 Å². The molecule has 2 N–H and O–H groups in total. The van der Waals surface area contributed by atoms with Crippen LogP contribution in [-0.4, -0.2) is 27.7 Å². The summed E-state index contributed by atoms with van der Waals surface area (Å²) in [5.74, 6) is 0. The first-order valence-corrected chi connectivity index (χ1v) is 7.69. The molecule has 1 heterocycles. The van der Waals surface area contributed by atoms with Crippen LogP contribution in [0.15, 0.2) is 23.1 Å². The summed E-state index contributed by atoms with van der Waals surface area (Å²) in [6.45, 7) is 0.106. The number of nitrogens with one attached hydrogen (secondary N) is 2. The Bertz CT molecular complexity index is 585. The van der Waals surface area contributed by atoms with E-state index < -0.39 is 29.2 Å². The second-order valence-corrected chi connectivity index (χ2v) is 6.38. The monoisotopic (exact) mass is 308 g/mol. The fraction of sp³-hybridized carbons (Fsp3) is 0.500. The van der Waals surface area contributed by atoms with Gasteiger partial charge in [-0.05, 0) is 30.5 Å². The Kier molecular flexibility index (Phi) is 4.24. The lowest BCUT2D eigenvalue weighted by Crippen LogP contribution is -2.28. The number of anilines is 1.